The van der Waals surface area contributed by atoms with Gasteiger partial charge in [-0.2, -0.15) is 18.3 Å². The molecule has 0 fully saturated rings. The number of hydrogen-bond donors (Lipinski definition) is 3. The maximum absolute atomic E-state index is 12.7. The molecule has 4 N–H and O–H groups in total. The Morgan fingerprint density at radius 1 is 1.35 bits per heavy atom. The topological polar surface area (TPSA) is 87.8 Å². The summed E-state index contributed by atoms with van der Waals surface area (Å²) < 4.78 is 38.1. The number of fused-ring (bicyclic) bond motifs is 1. The number of halogens is 3. The maximum atomic E-state index is 12.7. The molecule has 0 amide bonds. The van der Waals surface area contributed by atoms with Crippen LogP contribution in [0, 0.1) is 0 Å². The van der Waals surface area contributed by atoms with E-state index in [4.69, 9.17) is 5.73 Å². The molecule has 0 bridgehead atoms. The molecule has 2 heterocycles. The number of nitrogen functional groups attached to an aromatic ring is 1. The summed E-state index contributed by atoms with van der Waals surface area (Å²) in [7, 11) is 0. The zero-order valence-electron chi connectivity index (χ0n) is 8.71. The van der Waals surface area contributed by atoms with Gasteiger partial charge in [-0.05, 0) is 6.92 Å². The number of alkyl halides is 3. The van der Waals surface area contributed by atoms with Crippen molar-refractivity contribution in [2.24, 2.45) is 0 Å². The highest BCUT2D eigenvalue weighted by Gasteiger charge is 2.53. The normalized spacial score (nSPS) is 16.1. The van der Waals surface area contributed by atoms with Gasteiger partial charge in [0.1, 0.15) is 5.69 Å². The van der Waals surface area contributed by atoms with E-state index < -0.39 is 17.5 Å². The van der Waals surface area contributed by atoms with Gasteiger partial charge in [0.2, 0.25) is 5.60 Å². The third-order valence-electron chi connectivity index (χ3n) is 2.51. The molecule has 0 saturated heterocycles. The van der Waals surface area contributed by atoms with Gasteiger partial charge in [0.25, 0.3) is 0 Å². The van der Waals surface area contributed by atoms with Crippen LogP contribution >= 0.6 is 0 Å². The van der Waals surface area contributed by atoms with Gasteiger partial charge in [0, 0.05) is 0 Å². The summed E-state index contributed by atoms with van der Waals surface area (Å²) in [6.07, 6.45) is -2.35. The van der Waals surface area contributed by atoms with Gasteiger partial charge in [0.15, 0.2) is 0 Å². The van der Waals surface area contributed by atoms with Crippen LogP contribution in [0.5, 0.6) is 0 Å². The molecule has 1 atom stereocenters. The second kappa shape index (κ2) is 3.33. The van der Waals surface area contributed by atoms with Crippen LogP contribution in [0.1, 0.15) is 12.6 Å². The van der Waals surface area contributed by atoms with E-state index >= 15 is 0 Å². The van der Waals surface area contributed by atoms with Gasteiger partial charge in [-0.1, -0.05) is 0 Å². The fourth-order valence-electron chi connectivity index (χ4n) is 1.48. The second-order valence-electron chi connectivity index (χ2n) is 3.79. The number of aromatic amines is 1. The Hall–Kier alpha value is -1.83. The first-order valence-corrected chi connectivity index (χ1v) is 4.62. The Morgan fingerprint density at radius 2 is 2.00 bits per heavy atom. The summed E-state index contributed by atoms with van der Waals surface area (Å²) in [5.41, 5.74) is 2.18. The van der Waals surface area contributed by atoms with E-state index in [1.54, 1.807) is 0 Å². The lowest BCUT2D eigenvalue weighted by Crippen LogP contribution is -2.39. The van der Waals surface area contributed by atoms with Gasteiger partial charge in [0.05, 0.1) is 29.0 Å². The van der Waals surface area contributed by atoms with Crippen molar-refractivity contribution in [2.75, 3.05) is 5.73 Å². The van der Waals surface area contributed by atoms with Crippen LogP contribution in [-0.2, 0) is 5.60 Å². The van der Waals surface area contributed by atoms with Crippen LogP contribution in [-0.4, -0.2) is 26.5 Å². The van der Waals surface area contributed by atoms with Gasteiger partial charge < -0.3 is 10.8 Å². The first-order valence-electron chi connectivity index (χ1n) is 4.62. The van der Waals surface area contributed by atoms with Crippen molar-refractivity contribution < 1.29 is 18.3 Å². The summed E-state index contributed by atoms with van der Waals surface area (Å²) in [5, 5.41) is 15.4. The summed E-state index contributed by atoms with van der Waals surface area (Å²) in [6, 6.07) is 0. The van der Waals surface area contributed by atoms with E-state index in [1.807, 2.05) is 0 Å². The molecular formula is C9H9F3N4O. The highest BCUT2D eigenvalue weighted by atomic mass is 19.4. The number of aliphatic hydroxyl groups is 1. The zero-order valence-corrected chi connectivity index (χ0v) is 8.71. The fraction of sp³-hybridized carbons (Fsp3) is 0.333. The lowest BCUT2D eigenvalue weighted by atomic mass is 9.98. The third-order valence-corrected chi connectivity index (χ3v) is 2.51. The van der Waals surface area contributed by atoms with Crippen LogP contribution in [0.15, 0.2) is 12.4 Å². The van der Waals surface area contributed by atoms with Crippen LogP contribution in [0.3, 0.4) is 0 Å². The van der Waals surface area contributed by atoms with Gasteiger partial charge in [-0.15, -0.1) is 0 Å². The predicted molar refractivity (Wildman–Crippen MR) is 53.9 cm³/mol. The predicted octanol–water partition coefficient (Wildman–Crippen LogP) is 1.31. The van der Waals surface area contributed by atoms with Crippen molar-refractivity contribution >= 4 is 16.6 Å². The first-order chi connectivity index (χ1) is 7.75. The van der Waals surface area contributed by atoms with E-state index in [2.05, 4.69) is 15.2 Å². The number of nitrogens with zero attached hydrogens (tertiary/aromatic N) is 2. The molecule has 8 heteroatoms. The molecule has 17 heavy (non-hydrogen) atoms. The highest BCUT2D eigenvalue weighted by molar-refractivity contribution is 5.92. The Kier molecular flexibility index (Phi) is 2.28. The minimum absolute atomic E-state index is 0.0239. The van der Waals surface area contributed by atoms with E-state index in [1.165, 1.54) is 12.4 Å². The SMILES string of the molecule is CC(O)(c1n[nH]c2cncc(N)c12)C(F)(F)F. The van der Waals surface area contributed by atoms with Crippen LogP contribution in [0.4, 0.5) is 18.9 Å². The molecule has 5 nitrogen and oxygen atoms in total. The molecule has 2 rings (SSSR count). The summed E-state index contributed by atoms with van der Waals surface area (Å²) in [4.78, 5) is 3.71. The van der Waals surface area contributed by atoms with E-state index in [-0.39, 0.29) is 16.6 Å². The standard InChI is InChI=1S/C9H9F3N4O/c1-8(17,9(10,11)12)7-6-4(13)2-14-3-5(6)15-16-7/h2-3,17H,13H2,1H3,(H,15,16). The number of H-pyrrole nitrogens is 1. The van der Waals surface area contributed by atoms with Crippen molar-refractivity contribution in [3.8, 4) is 0 Å². The lowest BCUT2D eigenvalue weighted by molar-refractivity contribution is -0.259. The molecule has 0 radical (unpaired) electrons. The molecule has 1 unspecified atom stereocenters. The Balaban J connectivity index is 2.73. The highest BCUT2D eigenvalue weighted by Crippen LogP contribution is 2.41. The smallest absolute Gasteiger partial charge is 0.397 e. The molecule has 0 aliphatic carbocycles. The largest absolute Gasteiger partial charge is 0.422 e. The lowest BCUT2D eigenvalue weighted by Gasteiger charge is -2.24. The molecule has 2 aromatic heterocycles. The number of rotatable bonds is 1. The van der Waals surface area contributed by atoms with Crippen molar-refractivity contribution in [1.82, 2.24) is 15.2 Å². The number of aromatic nitrogens is 3. The molecule has 0 aliphatic heterocycles. The number of hydrogen-bond acceptors (Lipinski definition) is 4. The molecular weight excluding hydrogens is 237 g/mol. The van der Waals surface area contributed by atoms with Crippen LogP contribution in [0.2, 0.25) is 0 Å². The van der Waals surface area contributed by atoms with Crippen molar-refractivity contribution in [1.29, 1.82) is 0 Å². The van der Waals surface area contributed by atoms with Crippen molar-refractivity contribution in [2.45, 2.75) is 18.7 Å². The van der Waals surface area contributed by atoms with E-state index in [0.29, 0.717) is 6.92 Å². The van der Waals surface area contributed by atoms with Gasteiger partial charge in [-0.3, -0.25) is 10.1 Å². The Morgan fingerprint density at radius 3 is 2.59 bits per heavy atom. The monoisotopic (exact) mass is 246 g/mol. The quantitative estimate of drug-likeness (QED) is 0.707. The van der Waals surface area contributed by atoms with E-state index in [0.717, 1.165) is 0 Å². The molecule has 0 aromatic carbocycles. The average molecular weight is 246 g/mol. The summed E-state index contributed by atoms with van der Waals surface area (Å²) in [5.74, 6) is 0. The fourth-order valence-corrected chi connectivity index (χ4v) is 1.48. The number of nitrogens with two attached hydrogens (primary N) is 1. The van der Waals surface area contributed by atoms with Crippen LogP contribution in [0.25, 0.3) is 10.9 Å². The molecule has 2 aromatic rings. The number of nitrogens with one attached hydrogen (secondary N) is 1. The second-order valence-corrected chi connectivity index (χ2v) is 3.79. The summed E-state index contributed by atoms with van der Waals surface area (Å²) in [6.45, 7) is 0.627. The van der Waals surface area contributed by atoms with E-state index in [9.17, 15) is 18.3 Å². The van der Waals surface area contributed by atoms with Gasteiger partial charge >= 0.3 is 6.18 Å². The van der Waals surface area contributed by atoms with Crippen molar-refractivity contribution in [3.63, 3.8) is 0 Å². The van der Waals surface area contributed by atoms with Crippen LogP contribution < -0.4 is 5.73 Å². The average Bonchev–Trinajstić information content (AvgIpc) is 2.61. The Bertz CT molecular complexity index is 561. The minimum Gasteiger partial charge on any atom is -0.397 e. The molecule has 92 valence electrons. The molecule has 0 saturated carbocycles. The molecule has 0 spiro atoms. The Labute approximate surface area is 93.5 Å². The molecule has 0 aliphatic rings. The zero-order chi connectivity index (χ0) is 12.8. The first kappa shape index (κ1) is 11.6. The summed E-state index contributed by atoms with van der Waals surface area (Å²) >= 11 is 0. The van der Waals surface area contributed by atoms with Gasteiger partial charge in [-0.25, -0.2) is 0 Å². The third kappa shape index (κ3) is 1.60. The minimum atomic E-state index is -4.84. The number of pyridine rings is 1. The maximum Gasteiger partial charge on any atom is 0.422 e. The van der Waals surface area contributed by atoms with Crippen molar-refractivity contribution in [3.05, 3.63) is 18.1 Å². The number of anilines is 1.